The van der Waals surface area contributed by atoms with Gasteiger partial charge >= 0.3 is 0 Å². The third-order valence-corrected chi connectivity index (χ3v) is 5.45. The van der Waals surface area contributed by atoms with E-state index in [1.165, 1.54) is 6.26 Å². The summed E-state index contributed by atoms with van der Waals surface area (Å²) in [4.78, 5) is 14.9. The summed E-state index contributed by atoms with van der Waals surface area (Å²) in [5.41, 5.74) is 0. The molecule has 8 heteroatoms. The Morgan fingerprint density at radius 1 is 1.30 bits per heavy atom. The molecule has 0 aromatic heterocycles. The maximum absolute atomic E-state index is 12.8. The van der Waals surface area contributed by atoms with Gasteiger partial charge in [0.25, 0.3) is 0 Å². The number of carbonyl (C=O) groups excluding carboxylic acids is 1. The van der Waals surface area contributed by atoms with E-state index < -0.39 is 10.0 Å². The summed E-state index contributed by atoms with van der Waals surface area (Å²) in [6.45, 7) is 4.27. The van der Waals surface area contributed by atoms with Gasteiger partial charge in [-0.05, 0) is 52.0 Å². The molecule has 0 aliphatic carbocycles. The van der Waals surface area contributed by atoms with Crippen LogP contribution in [0.2, 0.25) is 0 Å². The van der Waals surface area contributed by atoms with Crippen LogP contribution in [0.25, 0.3) is 0 Å². The number of nitrogens with zero attached hydrogens (tertiary/aromatic N) is 1. The van der Waals surface area contributed by atoms with Gasteiger partial charge in [0.15, 0.2) is 0 Å². The van der Waals surface area contributed by atoms with E-state index in [9.17, 15) is 13.2 Å². The zero-order valence-electron chi connectivity index (χ0n) is 14.1. The van der Waals surface area contributed by atoms with Crippen molar-refractivity contribution in [2.45, 2.75) is 57.5 Å². The van der Waals surface area contributed by atoms with Gasteiger partial charge in [0.1, 0.15) is 0 Å². The lowest BCUT2D eigenvalue weighted by atomic mass is 9.89. The van der Waals surface area contributed by atoms with Crippen molar-refractivity contribution in [2.75, 3.05) is 25.9 Å². The first-order chi connectivity index (χ1) is 10.4. The topological polar surface area (TPSA) is 78.5 Å². The van der Waals surface area contributed by atoms with Crippen LogP contribution in [0.1, 0.15) is 45.4 Å². The highest BCUT2D eigenvalue weighted by Gasteiger charge is 2.33. The summed E-state index contributed by atoms with van der Waals surface area (Å²) in [5, 5.41) is 3.38. The monoisotopic (exact) mass is 367 g/mol. The van der Waals surface area contributed by atoms with Crippen molar-refractivity contribution in [3.05, 3.63) is 0 Å². The SMILES string of the molecule is C[C@H]1C[C@@H](C(=O)N2CCCCC2CCNS(C)(=O)=O)CCN1.Cl. The van der Waals surface area contributed by atoms with E-state index in [4.69, 9.17) is 0 Å². The number of halogens is 1. The van der Waals surface area contributed by atoms with Crippen LogP contribution in [0.15, 0.2) is 0 Å². The number of sulfonamides is 1. The Hall–Kier alpha value is -0.370. The third kappa shape index (κ3) is 6.57. The largest absolute Gasteiger partial charge is 0.339 e. The van der Waals surface area contributed by atoms with Crippen LogP contribution in [0.5, 0.6) is 0 Å². The van der Waals surface area contributed by atoms with E-state index in [2.05, 4.69) is 17.0 Å². The van der Waals surface area contributed by atoms with E-state index >= 15 is 0 Å². The van der Waals surface area contributed by atoms with E-state index in [0.29, 0.717) is 19.0 Å². The van der Waals surface area contributed by atoms with Crippen LogP contribution in [-0.2, 0) is 14.8 Å². The molecule has 2 saturated heterocycles. The van der Waals surface area contributed by atoms with Gasteiger partial charge in [-0.2, -0.15) is 0 Å². The first-order valence-electron chi connectivity index (χ1n) is 8.35. The molecule has 1 unspecified atom stereocenters. The predicted octanol–water partition coefficient (Wildman–Crippen LogP) is 1.12. The first kappa shape index (κ1) is 20.7. The van der Waals surface area contributed by atoms with Crippen molar-refractivity contribution in [3.8, 4) is 0 Å². The van der Waals surface area contributed by atoms with Gasteiger partial charge in [0.05, 0.1) is 6.26 Å². The standard InChI is InChI=1S/C15H29N3O3S.ClH/c1-12-11-13(6-8-16-12)15(19)18-10-4-3-5-14(18)7-9-17-22(2,20)21;/h12-14,16-17H,3-11H2,1-2H3;1H/t12-,13-,14?;/m0./s1. The molecule has 2 fully saturated rings. The summed E-state index contributed by atoms with van der Waals surface area (Å²) in [6.07, 6.45) is 6.86. The second kappa shape index (κ2) is 9.20. The normalized spacial score (nSPS) is 29.0. The smallest absolute Gasteiger partial charge is 0.226 e. The molecule has 136 valence electrons. The zero-order valence-corrected chi connectivity index (χ0v) is 15.7. The Morgan fingerprint density at radius 3 is 2.70 bits per heavy atom. The van der Waals surface area contributed by atoms with E-state index in [1.54, 1.807) is 0 Å². The van der Waals surface area contributed by atoms with E-state index in [1.807, 2.05) is 4.90 Å². The van der Waals surface area contributed by atoms with Gasteiger partial charge < -0.3 is 10.2 Å². The minimum Gasteiger partial charge on any atom is -0.339 e. The van der Waals surface area contributed by atoms with Crippen LogP contribution in [0.3, 0.4) is 0 Å². The second-order valence-corrected chi connectivity index (χ2v) is 8.55. The number of hydrogen-bond acceptors (Lipinski definition) is 4. The summed E-state index contributed by atoms with van der Waals surface area (Å²) in [5.74, 6) is 0.400. The molecule has 0 saturated carbocycles. The van der Waals surface area contributed by atoms with Crippen LogP contribution < -0.4 is 10.0 Å². The fourth-order valence-corrected chi connectivity index (χ4v) is 4.08. The number of rotatable bonds is 5. The lowest BCUT2D eigenvalue weighted by molar-refractivity contribution is -0.140. The van der Waals surface area contributed by atoms with Crippen molar-refractivity contribution >= 4 is 28.3 Å². The highest BCUT2D eigenvalue weighted by atomic mass is 35.5. The molecule has 0 aromatic rings. The van der Waals surface area contributed by atoms with Crippen molar-refractivity contribution in [1.82, 2.24) is 14.9 Å². The van der Waals surface area contributed by atoms with Crippen LogP contribution in [0, 0.1) is 5.92 Å². The summed E-state index contributed by atoms with van der Waals surface area (Å²) < 4.78 is 24.9. The predicted molar refractivity (Wildman–Crippen MR) is 94.3 cm³/mol. The van der Waals surface area contributed by atoms with Crippen molar-refractivity contribution < 1.29 is 13.2 Å². The number of carbonyl (C=O) groups is 1. The fraction of sp³-hybridized carbons (Fsp3) is 0.933. The molecule has 2 aliphatic heterocycles. The number of amides is 1. The Morgan fingerprint density at radius 2 is 2.04 bits per heavy atom. The maximum Gasteiger partial charge on any atom is 0.226 e. The second-order valence-electron chi connectivity index (χ2n) is 6.71. The van der Waals surface area contributed by atoms with Gasteiger partial charge in [-0.3, -0.25) is 4.79 Å². The average molecular weight is 368 g/mol. The van der Waals surface area contributed by atoms with E-state index in [0.717, 1.165) is 45.2 Å². The zero-order chi connectivity index (χ0) is 16.2. The summed E-state index contributed by atoms with van der Waals surface area (Å²) in [7, 11) is -3.15. The molecule has 0 spiro atoms. The first-order valence-corrected chi connectivity index (χ1v) is 10.2. The van der Waals surface area contributed by atoms with Crippen molar-refractivity contribution in [2.24, 2.45) is 5.92 Å². The number of likely N-dealkylation sites (tertiary alicyclic amines) is 1. The van der Waals surface area contributed by atoms with Crippen molar-refractivity contribution in [1.29, 1.82) is 0 Å². The number of nitrogens with one attached hydrogen (secondary N) is 2. The highest BCUT2D eigenvalue weighted by molar-refractivity contribution is 7.88. The van der Waals surface area contributed by atoms with Gasteiger partial charge in [0.2, 0.25) is 15.9 Å². The molecule has 1 amide bonds. The van der Waals surface area contributed by atoms with Gasteiger partial charge in [-0.1, -0.05) is 0 Å². The average Bonchev–Trinajstić information content (AvgIpc) is 2.46. The molecule has 0 aromatic carbocycles. The quantitative estimate of drug-likeness (QED) is 0.763. The molecule has 0 bridgehead atoms. The molecule has 2 heterocycles. The van der Waals surface area contributed by atoms with Crippen LogP contribution in [0.4, 0.5) is 0 Å². The lowest BCUT2D eigenvalue weighted by Gasteiger charge is -2.39. The lowest BCUT2D eigenvalue weighted by Crippen LogP contribution is -2.50. The molecule has 23 heavy (non-hydrogen) atoms. The minimum absolute atomic E-state index is 0. The van der Waals surface area contributed by atoms with E-state index in [-0.39, 0.29) is 30.3 Å². The Bertz CT molecular complexity index is 486. The molecule has 2 N–H and O–H groups in total. The highest BCUT2D eigenvalue weighted by Crippen LogP contribution is 2.25. The number of hydrogen-bond donors (Lipinski definition) is 2. The summed E-state index contributed by atoms with van der Waals surface area (Å²) in [6, 6.07) is 0.582. The molecular weight excluding hydrogens is 338 g/mol. The Labute approximate surface area is 146 Å². The maximum atomic E-state index is 12.8. The molecule has 0 radical (unpaired) electrons. The van der Waals surface area contributed by atoms with Gasteiger partial charge in [-0.25, -0.2) is 13.1 Å². The van der Waals surface area contributed by atoms with Crippen LogP contribution in [-0.4, -0.2) is 57.2 Å². The molecule has 2 aliphatic rings. The number of piperidine rings is 2. The molecular formula is C15H30ClN3O3S. The van der Waals surface area contributed by atoms with Gasteiger partial charge in [0, 0.05) is 31.1 Å². The summed E-state index contributed by atoms with van der Waals surface area (Å²) >= 11 is 0. The third-order valence-electron chi connectivity index (χ3n) is 4.72. The molecule has 6 nitrogen and oxygen atoms in total. The minimum atomic E-state index is -3.15. The molecule has 2 rings (SSSR count). The fourth-order valence-electron chi connectivity index (χ4n) is 3.59. The van der Waals surface area contributed by atoms with Crippen molar-refractivity contribution in [3.63, 3.8) is 0 Å². The molecule has 3 atom stereocenters. The Kier molecular flexibility index (Phi) is 8.27. The van der Waals surface area contributed by atoms with Gasteiger partial charge in [-0.15, -0.1) is 12.4 Å². The Balaban J connectivity index is 0.00000264. The van der Waals surface area contributed by atoms with Crippen LogP contribution >= 0.6 is 12.4 Å².